The summed E-state index contributed by atoms with van der Waals surface area (Å²) in [6.45, 7) is 0. The smallest absolute Gasteiger partial charge is 0.204 e. The average molecular weight is 320 g/mol. The van der Waals surface area contributed by atoms with Crippen LogP contribution in [-0.2, 0) is 0 Å². The quantitative estimate of drug-likeness (QED) is 0.664. The number of hydrogen-bond acceptors (Lipinski definition) is 6. The highest BCUT2D eigenvalue weighted by atomic mass is 35.5. The van der Waals surface area contributed by atoms with Crippen molar-refractivity contribution in [2.45, 2.75) is 37.8 Å². The minimum atomic E-state index is 0. The zero-order valence-electron chi connectivity index (χ0n) is 10.9. The molecule has 0 atom stereocenters. The topological polar surface area (TPSA) is 119 Å². The summed E-state index contributed by atoms with van der Waals surface area (Å²) >= 11 is 0. The van der Waals surface area contributed by atoms with Crippen LogP contribution in [0.15, 0.2) is 6.33 Å². The Morgan fingerprint density at radius 2 is 1.85 bits per heavy atom. The van der Waals surface area contributed by atoms with E-state index in [1.54, 1.807) is 0 Å². The van der Waals surface area contributed by atoms with E-state index in [0.717, 1.165) is 25.7 Å². The van der Waals surface area contributed by atoms with Gasteiger partial charge in [-0.05, 0) is 25.7 Å². The maximum atomic E-state index is 5.89. The first-order chi connectivity index (χ1) is 8.72. The van der Waals surface area contributed by atoms with Crippen molar-refractivity contribution in [2.24, 2.45) is 5.73 Å². The van der Waals surface area contributed by atoms with Gasteiger partial charge in [-0.15, -0.1) is 24.8 Å². The third-order valence-electron chi connectivity index (χ3n) is 3.42. The molecule has 0 amide bonds. The van der Waals surface area contributed by atoms with Crippen molar-refractivity contribution in [1.82, 2.24) is 19.9 Å². The Bertz CT molecular complexity index is 510. The zero-order valence-corrected chi connectivity index (χ0v) is 12.5. The van der Waals surface area contributed by atoms with Crippen LogP contribution in [0.5, 0.6) is 0 Å². The van der Waals surface area contributed by atoms with Gasteiger partial charge in [0.05, 0.1) is 0 Å². The fraction of sp³-hybridized carbons (Fsp3) is 0.545. The Labute approximate surface area is 129 Å². The summed E-state index contributed by atoms with van der Waals surface area (Å²) in [5.74, 6) is 1.72. The Morgan fingerprint density at radius 3 is 2.55 bits per heavy atom. The van der Waals surface area contributed by atoms with E-state index in [1.807, 2.05) is 0 Å². The zero-order chi connectivity index (χ0) is 12.5. The Balaban J connectivity index is 0.000001000. The van der Waals surface area contributed by atoms with Gasteiger partial charge in [-0.25, -0.2) is 9.97 Å². The second kappa shape index (κ2) is 6.92. The Hall–Kier alpha value is -1.31. The molecule has 3 rings (SSSR count). The fourth-order valence-electron chi connectivity index (χ4n) is 2.38. The van der Waals surface area contributed by atoms with Gasteiger partial charge in [-0.3, -0.25) is 0 Å². The predicted molar refractivity (Wildman–Crippen MR) is 83.6 cm³/mol. The number of nitrogen functional groups attached to an aromatic ring is 1. The lowest BCUT2D eigenvalue weighted by Gasteiger charge is -2.27. The number of imidazole rings is 1. The normalized spacial score (nSPS) is 21.9. The number of halogens is 2. The number of nitrogens with two attached hydrogens (primary N) is 2. The molecule has 1 saturated carbocycles. The van der Waals surface area contributed by atoms with Crippen molar-refractivity contribution in [3.05, 3.63) is 6.33 Å². The SMILES string of the molecule is Cl.Cl.Nc1[nH]c(NC2CCC(N)CC2)nc2ncnc1-2. The van der Waals surface area contributed by atoms with E-state index >= 15 is 0 Å². The maximum Gasteiger partial charge on any atom is 0.204 e. The molecule has 112 valence electrons. The standard InChI is InChI=1S/C11H17N7.2ClH/c12-6-1-3-7(4-2-6)16-11-17-9(13)8-10(18-11)15-5-14-8;;/h5-7H,1-4,12H2,(H4,13,14,15,16,17,18);2*1H. The first-order valence-electron chi connectivity index (χ1n) is 6.20. The highest BCUT2D eigenvalue weighted by Gasteiger charge is 2.20. The summed E-state index contributed by atoms with van der Waals surface area (Å²) < 4.78 is 0. The highest BCUT2D eigenvalue weighted by Crippen LogP contribution is 2.24. The Kier molecular flexibility index (Phi) is 5.79. The molecular weight excluding hydrogens is 301 g/mol. The summed E-state index contributed by atoms with van der Waals surface area (Å²) in [5.41, 5.74) is 12.4. The van der Waals surface area contributed by atoms with Crippen LogP contribution in [-0.4, -0.2) is 32.0 Å². The van der Waals surface area contributed by atoms with Gasteiger partial charge < -0.3 is 21.8 Å². The molecular formula is C11H19Cl2N7. The van der Waals surface area contributed by atoms with Crippen molar-refractivity contribution < 1.29 is 0 Å². The molecule has 0 saturated heterocycles. The number of aromatic nitrogens is 4. The number of fused-ring (bicyclic) bond motifs is 1. The van der Waals surface area contributed by atoms with Gasteiger partial charge in [0.25, 0.3) is 0 Å². The molecule has 2 aliphatic heterocycles. The van der Waals surface area contributed by atoms with Crippen LogP contribution in [0.1, 0.15) is 25.7 Å². The van der Waals surface area contributed by atoms with Crippen molar-refractivity contribution >= 4 is 36.6 Å². The third-order valence-corrected chi connectivity index (χ3v) is 3.42. The molecule has 0 unspecified atom stereocenters. The molecule has 0 radical (unpaired) electrons. The Morgan fingerprint density at radius 1 is 1.15 bits per heavy atom. The van der Waals surface area contributed by atoms with Gasteiger partial charge in [0, 0.05) is 12.1 Å². The largest absolute Gasteiger partial charge is 0.383 e. The van der Waals surface area contributed by atoms with Crippen molar-refractivity contribution in [3.63, 3.8) is 0 Å². The highest BCUT2D eigenvalue weighted by molar-refractivity contribution is 5.85. The summed E-state index contributed by atoms with van der Waals surface area (Å²) in [5, 5.41) is 3.35. The molecule has 20 heavy (non-hydrogen) atoms. The minimum absolute atomic E-state index is 0. The van der Waals surface area contributed by atoms with E-state index < -0.39 is 0 Å². The van der Waals surface area contributed by atoms with E-state index in [2.05, 4.69) is 25.3 Å². The van der Waals surface area contributed by atoms with E-state index in [4.69, 9.17) is 11.5 Å². The molecule has 6 N–H and O–H groups in total. The monoisotopic (exact) mass is 319 g/mol. The van der Waals surface area contributed by atoms with E-state index in [9.17, 15) is 0 Å². The molecule has 1 aliphatic carbocycles. The second-order valence-electron chi connectivity index (χ2n) is 4.80. The molecule has 0 aromatic rings. The van der Waals surface area contributed by atoms with Crippen LogP contribution in [0.25, 0.3) is 11.5 Å². The summed E-state index contributed by atoms with van der Waals surface area (Å²) in [6.07, 6.45) is 5.67. The molecule has 3 aliphatic rings. The first kappa shape index (κ1) is 16.7. The van der Waals surface area contributed by atoms with Crippen LogP contribution in [0.4, 0.5) is 11.8 Å². The van der Waals surface area contributed by atoms with Crippen molar-refractivity contribution in [2.75, 3.05) is 11.1 Å². The number of anilines is 2. The molecule has 1 fully saturated rings. The third kappa shape index (κ3) is 3.41. The molecule has 9 heteroatoms. The van der Waals surface area contributed by atoms with E-state index in [0.29, 0.717) is 35.4 Å². The van der Waals surface area contributed by atoms with Gasteiger partial charge in [-0.2, -0.15) is 4.98 Å². The second-order valence-corrected chi connectivity index (χ2v) is 4.80. The number of nitrogens with one attached hydrogen (secondary N) is 2. The average Bonchev–Trinajstić information content (AvgIpc) is 2.81. The van der Waals surface area contributed by atoms with Crippen molar-refractivity contribution in [3.8, 4) is 11.5 Å². The molecule has 0 bridgehead atoms. The van der Waals surface area contributed by atoms with Crippen LogP contribution >= 0.6 is 24.8 Å². The first-order valence-corrected chi connectivity index (χ1v) is 6.20. The predicted octanol–water partition coefficient (Wildman–Crippen LogP) is 1.41. The van der Waals surface area contributed by atoms with E-state index in [1.165, 1.54) is 6.33 Å². The van der Waals surface area contributed by atoms with Crippen molar-refractivity contribution in [1.29, 1.82) is 0 Å². The van der Waals surface area contributed by atoms with E-state index in [-0.39, 0.29) is 24.8 Å². The lowest BCUT2D eigenvalue weighted by atomic mass is 9.92. The molecule has 0 spiro atoms. The summed E-state index contributed by atoms with van der Waals surface area (Å²) in [7, 11) is 0. The van der Waals surface area contributed by atoms with Gasteiger partial charge in [-0.1, -0.05) is 0 Å². The number of aromatic amines is 1. The summed E-state index contributed by atoms with van der Waals surface area (Å²) in [6, 6.07) is 0.738. The summed E-state index contributed by atoms with van der Waals surface area (Å²) in [4.78, 5) is 15.5. The van der Waals surface area contributed by atoms with Gasteiger partial charge >= 0.3 is 0 Å². The van der Waals surface area contributed by atoms with Crippen LogP contribution in [0.3, 0.4) is 0 Å². The molecule has 7 nitrogen and oxygen atoms in total. The number of H-pyrrole nitrogens is 1. The minimum Gasteiger partial charge on any atom is -0.383 e. The van der Waals surface area contributed by atoms with Crippen LogP contribution < -0.4 is 16.8 Å². The number of hydrogen-bond donors (Lipinski definition) is 4. The maximum absolute atomic E-state index is 5.89. The number of rotatable bonds is 2. The molecule has 0 aromatic carbocycles. The lowest BCUT2D eigenvalue weighted by Crippen LogP contribution is -2.33. The lowest BCUT2D eigenvalue weighted by molar-refractivity contribution is 0.410. The fourth-order valence-corrected chi connectivity index (χ4v) is 2.38. The molecule has 0 aromatic heterocycles. The van der Waals surface area contributed by atoms with Gasteiger partial charge in [0.2, 0.25) is 5.95 Å². The molecule has 2 heterocycles. The van der Waals surface area contributed by atoms with Gasteiger partial charge in [0.15, 0.2) is 5.82 Å². The number of nitrogens with zero attached hydrogens (tertiary/aromatic N) is 3. The van der Waals surface area contributed by atoms with Gasteiger partial charge in [0.1, 0.15) is 17.8 Å². The van der Waals surface area contributed by atoms with Crippen LogP contribution in [0, 0.1) is 0 Å². The van der Waals surface area contributed by atoms with Crippen LogP contribution in [0.2, 0.25) is 0 Å².